The van der Waals surface area contributed by atoms with Crippen LogP contribution in [-0.2, 0) is 22.4 Å². The number of carbonyl (C=O) groups excluding carboxylic acids is 3. The Balaban J connectivity index is 1.40. The number of benzene rings is 4. The van der Waals surface area contributed by atoms with E-state index in [2.05, 4.69) is 5.32 Å². The van der Waals surface area contributed by atoms with Crippen LogP contribution in [0, 0.1) is 0 Å². The number of hydrogen-bond acceptors (Lipinski definition) is 3. The standard InChI is InChI=1S/C28H24N2O3/c29-28(33)25(30-26(31)18-20-12-13-21-6-4-5-9-24(21)16-20)17-19-10-14-23(15-11-19)27(32)22-7-2-1-3-8-22/h1-16,25H,17-18H2,(H2,29,33)(H,30,31)/t25-/m0/s1. The monoisotopic (exact) mass is 436 g/mol. The van der Waals surface area contributed by atoms with Gasteiger partial charge in [0.05, 0.1) is 6.42 Å². The van der Waals surface area contributed by atoms with E-state index < -0.39 is 11.9 Å². The Bertz CT molecular complexity index is 1300. The van der Waals surface area contributed by atoms with Crippen LogP contribution in [0.15, 0.2) is 97.1 Å². The Morgan fingerprint density at radius 2 is 1.30 bits per heavy atom. The fraction of sp³-hybridized carbons (Fsp3) is 0.107. The number of amides is 2. The topological polar surface area (TPSA) is 89.3 Å². The first-order chi connectivity index (χ1) is 16.0. The molecule has 5 heteroatoms. The van der Waals surface area contributed by atoms with Crippen LogP contribution in [0.5, 0.6) is 0 Å². The van der Waals surface area contributed by atoms with E-state index in [0.29, 0.717) is 11.1 Å². The third-order valence-electron chi connectivity index (χ3n) is 5.55. The molecule has 0 fully saturated rings. The Labute approximate surface area is 192 Å². The first-order valence-electron chi connectivity index (χ1n) is 10.7. The SMILES string of the molecule is NC(=O)[C@H](Cc1ccc(C(=O)c2ccccc2)cc1)NC(=O)Cc1ccc2ccccc2c1. The van der Waals surface area contributed by atoms with Gasteiger partial charge < -0.3 is 11.1 Å². The van der Waals surface area contributed by atoms with Gasteiger partial charge in [-0.2, -0.15) is 0 Å². The van der Waals surface area contributed by atoms with Crippen molar-refractivity contribution in [3.63, 3.8) is 0 Å². The van der Waals surface area contributed by atoms with Crippen LogP contribution < -0.4 is 11.1 Å². The molecule has 0 aliphatic heterocycles. The largest absolute Gasteiger partial charge is 0.368 e. The van der Waals surface area contributed by atoms with E-state index in [9.17, 15) is 14.4 Å². The minimum Gasteiger partial charge on any atom is -0.368 e. The molecular weight excluding hydrogens is 412 g/mol. The van der Waals surface area contributed by atoms with Gasteiger partial charge in [-0.25, -0.2) is 0 Å². The Kier molecular flexibility index (Phi) is 6.60. The molecule has 0 aliphatic rings. The first kappa shape index (κ1) is 22.0. The average molecular weight is 437 g/mol. The number of ketones is 1. The molecule has 0 aromatic heterocycles. The Hall–Kier alpha value is -4.25. The summed E-state index contributed by atoms with van der Waals surface area (Å²) < 4.78 is 0. The highest BCUT2D eigenvalue weighted by atomic mass is 16.2. The van der Waals surface area contributed by atoms with Gasteiger partial charge in [0, 0.05) is 17.5 Å². The second-order valence-corrected chi connectivity index (χ2v) is 7.98. The number of primary amides is 1. The normalized spacial score (nSPS) is 11.6. The van der Waals surface area contributed by atoms with Crippen LogP contribution in [0.1, 0.15) is 27.0 Å². The second-order valence-electron chi connectivity index (χ2n) is 7.98. The third-order valence-corrected chi connectivity index (χ3v) is 5.55. The molecule has 1 atom stereocenters. The van der Waals surface area contributed by atoms with Crippen LogP contribution in [0.3, 0.4) is 0 Å². The molecule has 4 aromatic rings. The summed E-state index contributed by atoms with van der Waals surface area (Å²) in [5, 5.41) is 4.90. The molecule has 0 radical (unpaired) electrons. The van der Waals surface area contributed by atoms with Crippen molar-refractivity contribution in [2.75, 3.05) is 0 Å². The van der Waals surface area contributed by atoms with Crippen LogP contribution >= 0.6 is 0 Å². The second kappa shape index (κ2) is 9.92. The van der Waals surface area contributed by atoms with Crippen LogP contribution in [0.2, 0.25) is 0 Å². The molecule has 0 spiro atoms. The molecule has 4 rings (SSSR count). The molecule has 3 N–H and O–H groups in total. The maximum atomic E-state index is 12.6. The van der Waals surface area contributed by atoms with Crippen molar-refractivity contribution >= 4 is 28.4 Å². The number of fused-ring (bicyclic) bond motifs is 1. The molecule has 33 heavy (non-hydrogen) atoms. The van der Waals surface area contributed by atoms with Crippen molar-refractivity contribution in [3.05, 3.63) is 119 Å². The van der Waals surface area contributed by atoms with Gasteiger partial charge in [-0.1, -0.05) is 97.1 Å². The highest BCUT2D eigenvalue weighted by molar-refractivity contribution is 6.08. The summed E-state index contributed by atoms with van der Waals surface area (Å²) in [6.45, 7) is 0. The van der Waals surface area contributed by atoms with Crippen molar-refractivity contribution in [3.8, 4) is 0 Å². The van der Waals surface area contributed by atoms with Gasteiger partial charge in [0.15, 0.2) is 5.78 Å². The molecule has 2 amide bonds. The molecule has 0 unspecified atom stereocenters. The van der Waals surface area contributed by atoms with Crippen LogP contribution in [-0.4, -0.2) is 23.6 Å². The molecule has 0 aliphatic carbocycles. The lowest BCUT2D eigenvalue weighted by Crippen LogP contribution is -2.46. The summed E-state index contributed by atoms with van der Waals surface area (Å²) in [6, 6.07) is 29.0. The van der Waals surface area contributed by atoms with Gasteiger partial charge in [-0.05, 0) is 21.9 Å². The summed E-state index contributed by atoms with van der Waals surface area (Å²) in [5.41, 5.74) is 8.38. The molecule has 0 saturated carbocycles. The minimum atomic E-state index is -0.839. The number of nitrogens with two attached hydrogens (primary N) is 1. The highest BCUT2D eigenvalue weighted by Crippen LogP contribution is 2.16. The average Bonchev–Trinajstić information content (AvgIpc) is 2.84. The fourth-order valence-electron chi connectivity index (χ4n) is 3.79. The lowest BCUT2D eigenvalue weighted by molar-refractivity contribution is -0.127. The van der Waals surface area contributed by atoms with Gasteiger partial charge in [0.2, 0.25) is 11.8 Å². The zero-order valence-electron chi connectivity index (χ0n) is 18.0. The third kappa shape index (κ3) is 5.52. The van der Waals surface area contributed by atoms with Crippen LogP contribution in [0.25, 0.3) is 10.8 Å². The van der Waals surface area contributed by atoms with E-state index in [0.717, 1.165) is 21.9 Å². The lowest BCUT2D eigenvalue weighted by Gasteiger charge is -2.16. The van der Waals surface area contributed by atoms with Crippen molar-refractivity contribution in [2.24, 2.45) is 5.73 Å². The van der Waals surface area contributed by atoms with Crippen molar-refractivity contribution < 1.29 is 14.4 Å². The van der Waals surface area contributed by atoms with E-state index in [1.165, 1.54) is 0 Å². The molecule has 0 saturated heterocycles. The van der Waals surface area contributed by atoms with Gasteiger partial charge in [-0.3, -0.25) is 14.4 Å². The number of nitrogens with one attached hydrogen (secondary N) is 1. The maximum Gasteiger partial charge on any atom is 0.240 e. The zero-order valence-corrected chi connectivity index (χ0v) is 18.0. The first-order valence-corrected chi connectivity index (χ1v) is 10.7. The van der Waals surface area contributed by atoms with Gasteiger partial charge in [0.25, 0.3) is 0 Å². The summed E-state index contributed by atoms with van der Waals surface area (Å²) in [6.07, 6.45) is 0.401. The van der Waals surface area contributed by atoms with Gasteiger partial charge >= 0.3 is 0 Å². The molecule has 164 valence electrons. The van der Waals surface area contributed by atoms with Crippen LogP contribution in [0.4, 0.5) is 0 Å². The highest BCUT2D eigenvalue weighted by Gasteiger charge is 2.19. The molecule has 4 aromatic carbocycles. The smallest absolute Gasteiger partial charge is 0.240 e. The summed E-state index contributed by atoms with van der Waals surface area (Å²) in [7, 11) is 0. The van der Waals surface area contributed by atoms with E-state index in [1.807, 2.05) is 60.7 Å². The summed E-state index contributed by atoms with van der Waals surface area (Å²) in [5.74, 6) is -0.950. The predicted molar refractivity (Wildman–Crippen MR) is 129 cm³/mol. The number of carbonyl (C=O) groups is 3. The van der Waals surface area contributed by atoms with Crippen molar-refractivity contribution in [2.45, 2.75) is 18.9 Å². The molecule has 0 heterocycles. The summed E-state index contributed by atoms with van der Waals surface area (Å²) in [4.78, 5) is 37.1. The Morgan fingerprint density at radius 1 is 0.697 bits per heavy atom. The van der Waals surface area contributed by atoms with Gasteiger partial charge in [0.1, 0.15) is 6.04 Å². The van der Waals surface area contributed by atoms with Gasteiger partial charge in [-0.15, -0.1) is 0 Å². The van der Waals surface area contributed by atoms with Crippen molar-refractivity contribution in [1.29, 1.82) is 0 Å². The van der Waals surface area contributed by atoms with E-state index in [-0.39, 0.29) is 24.5 Å². The molecule has 5 nitrogen and oxygen atoms in total. The number of hydrogen-bond donors (Lipinski definition) is 2. The lowest BCUT2D eigenvalue weighted by atomic mass is 9.99. The van der Waals surface area contributed by atoms with E-state index >= 15 is 0 Å². The Morgan fingerprint density at radius 3 is 2.00 bits per heavy atom. The zero-order chi connectivity index (χ0) is 23.2. The van der Waals surface area contributed by atoms with Crippen molar-refractivity contribution in [1.82, 2.24) is 5.32 Å². The number of rotatable bonds is 8. The predicted octanol–water partition coefficient (Wildman–Crippen LogP) is 3.83. The fourth-order valence-corrected chi connectivity index (χ4v) is 3.79. The van der Waals surface area contributed by atoms with E-state index in [4.69, 9.17) is 5.73 Å². The summed E-state index contributed by atoms with van der Waals surface area (Å²) >= 11 is 0. The maximum absolute atomic E-state index is 12.6. The molecular formula is C28H24N2O3. The molecule has 0 bridgehead atoms. The minimum absolute atomic E-state index is 0.0720. The quantitative estimate of drug-likeness (QED) is 0.412. The van der Waals surface area contributed by atoms with E-state index in [1.54, 1.807) is 36.4 Å².